The first-order chi connectivity index (χ1) is 17.0. The lowest BCUT2D eigenvalue weighted by Crippen LogP contribution is -2.43. The van der Waals surface area contributed by atoms with E-state index in [0.717, 1.165) is 17.7 Å². The lowest BCUT2D eigenvalue weighted by Gasteiger charge is -2.35. The number of nitrogens with zero attached hydrogens (tertiary/aromatic N) is 1. The summed E-state index contributed by atoms with van der Waals surface area (Å²) in [5.41, 5.74) is 2.16. The van der Waals surface area contributed by atoms with E-state index in [1.165, 1.54) is 10.4 Å². The van der Waals surface area contributed by atoms with E-state index in [4.69, 9.17) is 33.0 Å². The molecule has 36 heavy (non-hydrogen) atoms. The average molecular weight is 550 g/mol. The minimum absolute atomic E-state index is 0.0423. The second-order valence-electron chi connectivity index (χ2n) is 8.37. The van der Waals surface area contributed by atoms with Crippen LogP contribution in [0.2, 0.25) is 10.0 Å². The zero-order valence-electron chi connectivity index (χ0n) is 19.1. The van der Waals surface area contributed by atoms with Gasteiger partial charge in [-0.25, -0.2) is 12.8 Å². The van der Waals surface area contributed by atoms with Crippen LogP contribution < -0.4 is 9.04 Å². The molecule has 0 fully saturated rings. The number of hydrogen-bond acceptors (Lipinski definition) is 4. The van der Waals surface area contributed by atoms with E-state index in [-0.39, 0.29) is 34.3 Å². The van der Waals surface area contributed by atoms with Gasteiger partial charge in [0.05, 0.1) is 27.2 Å². The van der Waals surface area contributed by atoms with Gasteiger partial charge < -0.3 is 9.84 Å². The molecule has 3 aromatic carbocycles. The third kappa shape index (κ3) is 5.67. The van der Waals surface area contributed by atoms with Crippen LogP contribution in [0.3, 0.4) is 0 Å². The summed E-state index contributed by atoms with van der Waals surface area (Å²) >= 11 is 12.2. The number of rotatable bonds is 7. The fraction of sp³-hybridized carbons (Fsp3) is 0.192. The molecule has 1 aliphatic rings. The maximum atomic E-state index is 13.7. The molecule has 0 radical (unpaired) electrons. The van der Waals surface area contributed by atoms with Crippen LogP contribution >= 0.6 is 23.2 Å². The van der Waals surface area contributed by atoms with Crippen molar-refractivity contribution in [3.05, 3.63) is 87.2 Å². The molecule has 1 N–H and O–H groups in total. The first-order valence-electron chi connectivity index (χ1n) is 11.0. The minimum Gasteiger partial charge on any atom is -0.486 e. The Morgan fingerprint density at radius 3 is 2.53 bits per heavy atom. The summed E-state index contributed by atoms with van der Waals surface area (Å²) in [6.45, 7) is 1.76. The molecule has 6 nitrogen and oxygen atoms in total. The monoisotopic (exact) mass is 549 g/mol. The summed E-state index contributed by atoms with van der Waals surface area (Å²) in [6.07, 6.45) is 2.66. The molecule has 0 amide bonds. The molecule has 188 valence electrons. The molecule has 10 heteroatoms. The number of benzene rings is 3. The van der Waals surface area contributed by atoms with Crippen molar-refractivity contribution in [3.63, 3.8) is 0 Å². The van der Waals surface area contributed by atoms with Crippen molar-refractivity contribution in [2.75, 3.05) is 10.8 Å². The maximum Gasteiger partial charge on any atom is 0.303 e. The number of aryl methyl sites for hydroxylation is 1. The van der Waals surface area contributed by atoms with E-state index in [1.54, 1.807) is 55.5 Å². The molecule has 0 bridgehead atoms. The maximum absolute atomic E-state index is 13.7. The Balaban J connectivity index is 1.74. The molecule has 1 heterocycles. The van der Waals surface area contributed by atoms with E-state index in [9.17, 15) is 17.6 Å². The van der Waals surface area contributed by atoms with Gasteiger partial charge in [-0.05, 0) is 60.9 Å². The van der Waals surface area contributed by atoms with E-state index in [1.807, 2.05) is 0 Å². The van der Waals surface area contributed by atoms with Crippen LogP contribution in [0.15, 0.2) is 59.5 Å². The molecule has 3 aromatic rings. The Morgan fingerprint density at radius 1 is 1.14 bits per heavy atom. The summed E-state index contributed by atoms with van der Waals surface area (Å²) in [7, 11) is -3.97. The van der Waals surface area contributed by atoms with Crippen LogP contribution in [0.1, 0.15) is 29.5 Å². The molecule has 0 spiro atoms. The number of carboxylic acids is 1. The highest BCUT2D eigenvalue weighted by Gasteiger charge is 2.35. The van der Waals surface area contributed by atoms with Crippen molar-refractivity contribution < 1.29 is 27.4 Å². The van der Waals surface area contributed by atoms with Gasteiger partial charge in [-0.2, -0.15) is 0 Å². The van der Waals surface area contributed by atoms with Gasteiger partial charge >= 0.3 is 5.97 Å². The van der Waals surface area contributed by atoms with Crippen molar-refractivity contribution in [1.29, 1.82) is 0 Å². The van der Waals surface area contributed by atoms with Crippen LogP contribution in [0.25, 0.3) is 12.2 Å². The molecule has 0 unspecified atom stereocenters. The molecule has 0 saturated carbocycles. The molecule has 0 aliphatic carbocycles. The number of carboxylic acid groups (broad SMARTS) is 1. The van der Waals surface area contributed by atoms with Gasteiger partial charge in [0.15, 0.2) is 0 Å². The van der Waals surface area contributed by atoms with Crippen LogP contribution in [-0.4, -0.2) is 32.1 Å². The lowest BCUT2D eigenvalue weighted by atomic mass is 10.1. The molecule has 4 rings (SSSR count). The highest BCUT2D eigenvalue weighted by molar-refractivity contribution is 7.92. The minimum atomic E-state index is -3.97. The Labute approximate surface area is 218 Å². The quantitative estimate of drug-likeness (QED) is 0.343. The van der Waals surface area contributed by atoms with Crippen LogP contribution in [0.4, 0.5) is 10.1 Å². The average Bonchev–Trinajstić information content (AvgIpc) is 2.81. The molecule has 0 aromatic heterocycles. The Morgan fingerprint density at radius 2 is 1.86 bits per heavy atom. The third-order valence-corrected chi connectivity index (χ3v) is 8.06. The number of anilines is 1. The molecule has 1 atom stereocenters. The summed E-state index contributed by atoms with van der Waals surface area (Å²) in [5.74, 6) is -1.22. The fourth-order valence-corrected chi connectivity index (χ4v) is 6.08. The summed E-state index contributed by atoms with van der Waals surface area (Å²) < 4.78 is 48.0. The number of halogens is 3. The second kappa shape index (κ2) is 10.5. The second-order valence-corrected chi connectivity index (χ2v) is 11.0. The van der Waals surface area contributed by atoms with Gasteiger partial charge in [0, 0.05) is 12.0 Å². The van der Waals surface area contributed by atoms with Gasteiger partial charge in [0.25, 0.3) is 10.0 Å². The lowest BCUT2D eigenvalue weighted by molar-refractivity contribution is -0.137. The zero-order chi connectivity index (χ0) is 26.0. The zero-order valence-corrected chi connectivity index (χ0v) is 21.4. The summed E-state index contributed by atoms with van der Waals surface area (Å²) in [4.78, 5) is 11.2. The van der Waals surface area contributed by atoms with Crippen molar-refractivity contribution >= 4 is 57.0 Å². The Kier molecular flexibility index (Phi) is 7.59. The SMILES string of the molecule is Cc1cccc(S(=O)(=O)N2C[C@H](CCC(=O)O)Oc3ccc(/C=C/c4c(Cl)cc(F)cc4Cl)cc32)c1. The van der Waals surface area contributed by atoms with Crippen LogP contribution in [0, 0.1) is 12.7 Å². The highest BCUT2D eigenvalue weighted by Crippen LogP contribution is 2.39. The molecule has 1 aliphatic heterocycles. The number of hydrogen-bond donors (Lipinski definition) is 1. The van der Waals surface area contributed by atoms with Crippen molar-refractivity contribution in [2.24, 2.45) is 0 Å². The van der Waals surface area contributed by atoms with Crippen LogP contribution in [-0.2, 0) is 14.8 Å². The number of fused-ring (bicyclic) bond motifs is 1. The van der Waals surface area contributed by atoms with Gasteiger partial charge in [0.1, 0.15) is 17.7 Å². The van der Waals surface area contributed by atoms with E-state index < -0.39 is 27.9 Å². The third-order valence-electron chi connectivity index (χ3n) is 5.66. The molecular weight excluding hydrogens is 528 g/mol. The van der Waals surface area contributed by atoms with Gasteiger partial charge in [-0.3, -0.25) is 9.10 Å². The Bertz CT molecular complexity index is 1440. The van der Waals surface area contributed by atoms with E-state index in [0.29, 0.717) is 22.6 Å². The summed E-state index contributed by atoms with van der Waals surface area (Å²) in [6, 6.07) is 13.9. The number of carbonyl (C=O) groups is 1. The van der Waals surface area contributed by atoms with Gasteiger partial charge in [-0.15, -0.1) is 0 Å². The largest absolute Gasteiger partial charge is 0.486 e. The Hall–Kier alpha value is -3.07. The van der Waals surface area contributed by atoms with Crippen molar-refractivity contribution in [2.45, 2.75) is 30.8 Å². The standard InChI is InChI=1S/C26H22Cl2FNO5S/c1-16-3-2-4-20(11-16)36(33,34)30-15-19(7-10-26(31)32)35-25-9-6-17(12-24(25)30)5-8-21-22(27)13-18(29)14-23(21)28/h2-6,8-9,11-14,19H,7,10,15H2,1H3,(H,31,32)/b8-5+/t19-/m0/s1. The smallest absolute Gasteiger partial charge is 0.303 e. The van der Waals surface area contributed by atoms with Gasteiger partial charge in [-0.1, -0.05) is 53.6 Å². The predicted octanol–water partition coefficient (Wildman–Crippen LogP) is 6.43. The topological polar surface area (TPSA) is 83.9 Å². The predicted molar refractivity (Wildman–Crippen MR) is 139 cm³/mol. The van der Waals surface area contributed by atoms with Crippen LogP contribution in [0.5, 0.6) is 5.75 Å². The van der Waals surface area contributed by atoms with Gasteiger partial charge in [0.2, 0.25) is 0 Å². The fourth-order valence-electron chi connectivity index (χ4n) is 3.89. The number of sulfonamides is 1. The highest BCUT2D eigenvalue weighted by atomic mass is 35.5. The number of aliphatic carboxylic acids is 1. The normalized spacial score (nSPS) is 15.6. The number of ether oxygens (including phenoxy) is 1. The van der Waals surface area contributed by atoms with Crippen molar-refractivity contribution in [1.82, 2.24) is 0 Å². The summed E-state index contributed by atoms with van der Waals surface area (Å²) in [5, 5.41) is 9.37. The molecular formula is C26H22Cl2FNO5S. The first-order valence-corrected chi connectivity index (χ1v) is 13.2. The van der Waals surface area contributed by atoms with Crippen molar-refractivity contribution in [3.8, 4) is 5.75 Å². The van der Waals surface area contributed by atoms with E-state index >= 15 is 0 Å². The van der Waals surface area contributed by atoms with E-state index in [2.05, 4.69) is 0 Å². The first kappa shape index (κ1) is 26.0. The molecule has 0 saturated heterocycles.